The lowest BCUT2D eigenvalue weighted by molar-refractivity contribution is -0.394. The number of fused-ring (bicyclic) bond motifs is 2. The zero-order valence-electron chi connectivity index (χ0n) is 13.8. The second-order valence-electron chi connectivity index (χ2n) is 5.99. The third kappa shape index (κ3) is 3.35. The van der Waals surface area contributed by atoms with Gasteiger partial charge in [0.05, 0.1) is 12.3 Å². The average Bonchev–Trinajstić information content (AvgIpc) is 3.30. The number of phenolic OH excluding ortho intramolecular Hbond substituents is 1. The monoisotopic (exact) mass is 374 g/mol. The Morgan fingerprint density at radius 3 is 3.07 bits per heavy atom. The van der Waals surface area contributed by atoms with Crippen LogP contribution in [-0.2, 0) is 9.47 Å². The van der Waals surface area contributed by atoms with Crippen LogP contribution in [-0.4, -0.2) is 55.4 Å². The zero-order valence-corrected chi connectivity index (χ0v) is 13.8. The van der Waals surface area contributed by atoms with Gasteiger partial charge >= 0.3 is 5.95 Å². The van der Waals surface area contributed by atoms with E-state index in [9.17, 15) is 20.0 Å². The highest BCUT2D eigenvalue weighted by molar-refractivity contribution is 5.96. The summed E-state index contributed by atoms with van der Waals surface area (Å²) < 4.78 is 12.6. The molecular weight excluding hydrogens is 360 g/mol. The molecule has 4 rings (SSSR count). The van der Waals surface area contributed by atoms with E-state index < -0.39 is 29.1 Å². The van der Waals surface area contributed by atoms with Gasteiger partial charge in [-0.2, -0.15) is 9.78 Å². The van der Waals surface area contributed by atoms with Crippen molar-refractivity contribution in [1.82, 2.24) is 20.2 Å². The molecular formula is C15H14N6O6. The van der Waals surface area contributed by atoms with E-state index in [4.69, 9.17) is 9.47 Å². The fraction of sp³-hybridized carbons (Fsp3) is 0.333. The number of hydrazone groups is 1. The Kier molecular flexibility index (Phi) is 4.25. The summed E-state index contributed by atoms with van der Waals surface area (Å²) >= 11 is 0. The predicted octanol–water partition coefficient (Wildman–Crippen LogP) is 0.364. The van der Waals surface area contributed by atoms with Crippen molar-refractivity contribution < 1.29 is 24.3 Å². The van der Waals surface area contributed by atoms with E-state index in [1.54, 1.807) is 6.07 Å². The van der Waals surface area contributed by atoms with Crippen molar-refractivity contribution in [2.75, 3.05) is 6.61 Å². The number of nitrogens with one attached hydrogen (secondary N) is 1. The number of nitrogens with zero attached hydrogens (tertiary/aromatic N) is 5. The van der Waals surface area contributed by atoms with Gasteiger partial charge < -0.3 is 24.7 Å². The van der Waals surface area contributed by atoms with Gasteiger partial charge in [0, 0.05) is 17.1 Å². The topological polar surface area (TPSA) is 154 Å². The molecule has 0 radical (unpaired) electrons. The maximum absolute atomic E-state index is 12.2. The van der Waals surface area contributed by atoms with Crippen LogP contribution in [0.25, 0.3) is 0 Å². The third-order valence-electron chi connectivity index (χ3n) is 4.24. The average molecular weight is 374 g/mol. The summed E-state index contributed by atoms with van der Waals surface area (Å²) in [5.74, 6) is -1.05. The fourth-order valence-corrected chi connectivity index (χ4v) is 2.94. The molecule has 1 aromatic heterocycles. The summed E-state index contributed by atoms with van der Waals surface area (Å²) in [6, 6.07) is 5.44. The minimum atomic E-state index is -0.700. The van der Waals surface area contributed by atoms with E-state index in [0.717, 1.165) is 0 Å². The lowest BCUT2D eigenvalue weighted by Gasteiger charge is -2.26. The van der Waals surface area contributed by atoms with Crippen molar-refractivity contribution in [2.45, 2.75) is 24.9 Å². The highest BCUT2D eigenvalue weighted by atomic mass is 16.7. The number of hydrogen-bond donors (Lipinski definition) is 2. The quantitative estimate of drug-likeness (QED) is 0.574. The molecule has 0 aliphatic carbocycles. The number of carbonyl (C=O) groups is 1. The molecule has 2 N–H and O–H groups in total. The second kappa shape index (κ2) is 6.74. The second-order valence-corrected chi connectivity index (χ2v) is 5.99. The first-order chi connectivity index (χ1) is 13.0. The standard InChI is InChI=1S/C15H14N6O6/c22-9-3-1-2-8(4-9)13(23)18-17-10-5-11(12-6-26-14(10)27-12)20-7-16-15(19-20)21(24)25/h1-4,7,11-12,14,22H,5-6H2,(H,18,23)/b17-10-. The molecule has 140 valence electrons. The van der Waals surface area contributed by atoms with Crippen LogP contribution in [0.3, 0.4) is 0 Å². The van der Waals surface area contributed by atoms with Crippen molar-refractivity contribution >= 4 is 17.6 Å². The van der Waals surface area contributed by atoms with Crippen molar-refractivity contribution in [3.63, 3.8) is 0 Å². The van der Waals surface area contributed by atoms with Crippen LogP contribution in [0.4, 0.5) is 5.95 Å². The Bertz CT molecular complexity index is 927. The molecule has 2 aliphatic heterocycles. The summed E-state index contributed by atoms with van der Waals surface area (Å²) in [6.45, 7) is 0.266. The van der Waals surface area contributed by atoms with Gasteiger partial charge in [0.1, 0.15) is 17.9 Å². The highest BCUT2D eigenvalue weighted by Crippen LogP contribution is 2.33. The lowest BCUT2D eigenvalue weighted by Crippen LogP contribution is -2.38. The van der Waals surface area contributed by atoms with Crippen LogP contribution in [0.5, 0.6) is 5.75 Å². The summed E-state index contributed by atoms with van der Waals surface area (Å²) in [5, 5.41) is 28.1. The number of amides is 1. The molecule has 12 nitrogen and oxygen atoms in total. The van der Waals surface area contributed by atoms with Gasteiger partial charge in [0.25, 0.3) is 5.91 Å². The molecule has 0 saturated carbocycles. The number of ether oxygens (including phenoxy) is 2. The SMILES string of the molecule is O=C(N/N=C1/CC(n2cnc([N+](=O)[O-])n2)C2COC1O2)c1cccc(O)c1. The van der Waals surface area contributed by atoms with Crippen LogP contribution in [0.1, 0.15) is 22.8 Å². The number of aromatic nitrogens is 3. The number of rotatable bonds is 4. The molecule has 12 heteroatoms. The summed E-state index contributed by atoms with van der Waals surface area (Å²) in [4.78, 5) is 25.9. The summed E-state index contributed by atoms with van der Waals surface area (Å²) in [5.41, 5.74) is 3.06. The van der Waals surface area contributed by atoms with Crippen molar-refractivity contribution in [3.8, 4) is 5.75 Å². The number of hydrogen-bond acceptors (Lipinski definition) is 9. The Labute approximate surface area is 151 Å². The smallest absolute Gasteiger partial charge is 0.490 e. The Morgan fingerprint density at radius 2 is 2.33 bits per heavy atom. The summed E-state index contributed by atoms with van der Waals surface area (Å²) in [7, 11) is 0. The first-order valence-electron chi connectivity index (χ1n) is 7.99. The van der Waals surface area contributed by atoms with E-state index in [1.807, 2.05) is 0 Å². The number of aromatic hydroxyl groups is 1. The van der Waals surface area contributed by atoms with E-state index in [-0.39, 0.29) is 24.0 Å². The molecule has 0 spiro atoms. The Morgan fingerprint density at radius 1 is 1.48 bits per heavy atom. The van der Waals surface area contributed by atoms with E-state index in [2.05, 4.69) is 20.6 Å². The molecule has 3 atom stereocenters. The van der Waals surface area contributed by atoms with Crippen LogP contribution < -0.4 is 5.43 Å². The minimum Gasteiger partial charge on any atom is -0.508 e. The molecule has 2 bridgehead atoms. The van der Waals surface area contributed by atoms with Gasteiger partial charge in [-0.15, -0.1) is 0 Å². The number of nitro groups is 1. The molecule has 2 saturated heterocycles. The van der Waals surface area contributed by atoms with Crippen LogP contribution >= 0.6 is 0 Å². The van der Waals surface area contributed by atoms with Crippen LogP contribution in [0.2, 0.25) is 0 Å². The maximum atomic E-state index is 12.2. The Balaban J connectivity index is 1.51. The fourth-order valence-electron chi connectivity index (χ4n) is 2.94. The molecule has 2 aliphatic rings. The van der Waals surface area contributed by atoms with E-state index in [1.165, 1.54) is 29.2 Å². The minimum absolute atomic E-state index is 0.0360. The number of phenols is 1. The van der Waals surface area contributed by atoms with Crippen molar-refractivity contribution in [3.05, 3.63) is 46.3 Å². The molecule has 2 fully saturated rings. The Hall–Kier alpha value is -3.38. The molecule has 3 heterocycles. The molecule has 27 heavy (non-hydrogen) atoms. The van der Waals surface area contributed by atoms with E-state index >= 15 is 0 Å². The number of benzene rings is 1. The molecule has 3 unspecified atom stereocenters. The van der Waals surface area contributed by atoms with Crippen LogP contribution in [0.15, 0.2) is 35.7 Å². The van der Waals surface area contributed by atoms with Crippen LogP contribution in [0, 0.1) is 10.1 Å². The van der Waals surface area contributed by atoms with Crippen molar-refractivity contribution in [2.24, 2.45) is 5.10 Å². The van der Waals surface area contributed by atoms with E-state index in [0.29, 0.717) is 12.1 Å². The molecule has 1 amide bonds. The van der Waals surface area contributed by atoms with Gasteiger partial charge in [0.15, 0.2) is 6.29 Å². The highest BCUT2D eigenvalue weighted by Gasteiger charge is 2.44. The van der Waals surface area contributed by atoms with Gasteiger partial charge in [-0.3, -0.25) is 4.79 Å². The predicted molar refractivity (Wildman–Crippen MR) is 88.0 cm³/mol. The first-order valence-corrected chi connectivity index (χ1v) is 7.99. The normalized spacial score (nSPS) is 25.5. The number of carbonyl (C=O) groups excluding carboxylic acids is 1. The first kappa shape index (κ1) is 17.1. The van der Waals surface area contributed by atoms with Gasteiger partial charge in [-0.1, -0.05) is 11.1 Å². The molecule has 1 aromatic carbocycles. The van der Waals surface area contributed by atoms with Gasteiger partial charge in [-0.25, -0.2) is 5.43 Å². The van der Waals surface area contributed by atoms with Crippen molar-refractivity contribution in [1.29, 1.82) is 0 Å². The van der Waals surface area contributed by atoms with Gasteiger partial charge in [0.2, 0.25) is 6.33 Å². The third-order valence-corrected chi connectivity index (χ3v) is 4.24. The summed E-state index contributed by atoms with van der Waals surface area (Å²) in [6.07, 6.45) is 0.524. The zero-order chi connectivity index (χ0) is 19.0. The largest absolute Gasteiger partial charge is 0.508 e. The maximum Gasteiger partial charge on any atom is 0.490 e. The molecule has 2 aromatic rings. The lowest BCUT2D eigenvalue weighted by atomic mass is 10.0. The van der Waals surface area contributed by atoms with Gasteiger partial charge in [-0.05, 0) is 23.1 Å².